The Hall–Kier alpha value is -3.32. The zero-order chi connectivity index (χ0) is 24.6. The predicted octanol–water partition coefficient (Wildman–Crippen LogP) is 4.08. The Balaban J connectivity index is 1.31. The van der Waals surface area contributed by atoms with Crippen molar-refractivity contribution >= 4 is 11.6 Å². The van der Waals surface area contributed by atoms with Gasteiger partial charge in [-0.15, -0.1) is 0 Å². The highest BCUT2D eigenvalue weighted by Crippen LogP contribution is 2.41. The quantitative estimate of drug-likeness (QED) is 0.564. The van der Waals surface area contributed by atoms with E-state index < -0.39 is 0 Å². The molecule has 1 spiro atoms. The summed E-state index contributed by atoms with van der Waals surface area (Å²) in [5.41, 5.74) is 6.27. The number of rotatable bonds is 6. The molecule has 1 unspecified atom stereocenters. The molecule has 1 amide bonds. The zero-order valence-electron chi connectivity index (χ0n) is 21.1. The molecular weight excluding hydrogens is 438 g/mol. The van der Waals surface area contributed by atoms with Crippen molar-refractivity contribution in [1.82, 2.24) is 20.4 Å². The number of carbonyl (C=O) groups is 1. The highest BCUT2D eigenvalue weighted by molar-refractivity contribution is 5.97. The molecule has 184 valence electrons. The molecule has 35 heavy (non-hydrogen) atoms. The van der Waals surface area contributed by atoms with Crippen molar-refractivity contribution in [3.05, 3.63) is 65.5 Å². The molecule has 0 aliphatic carbocycles. The maximum absolute atomic E-state index is 13.3. The van der Waals surface area contributed by atoms with Gasteiger partial charge in [-0.3, -0.25) is 9.48 Å². The van der Waals surface area contributed by atoms with E-state index in [0.29, 0.717) is 5.41 Å². The summed E-state index contributed by atoms with van der Waals surface area (Å²) in [5, 5.41) is 11.0. The number of amides is 1. The van der Waals surface area contributed by atoms with E-state index in [4.69, 9.17) is 4.74 Å². The van der Waals surface area contributed by atoms with Gasteiger partial charge in [0.25, 0.3) is 5.91 Å². The minimum Gasteiger partial charge on any atom is -0.496 e. The molecule has 2 aliphatic heterocycles. The van der Waals surface area contributed by atoms with E-state index in [1.807, 2.05) is 45.4 Å². The number of ether oxygens (including phenoxy) is 1. The van der Waals surface area contributed by atoms with Crippen molar-refractivity contribution in [2.75, 3.05) is 38.2 Å². The first-order valence-electron chi connectivity index (χ1n) is 12.4. The topological polar surface area (TPSA) is 71.4 Å². The highest BCUT2D eigenvalue weighted by atomic mass is 16.5. The second kappa shape index (κ2) is 9.38. The van der Waals surface area contributed by atoms with Crippen molar-refractivity contribution < 1.29 is 9.53 Å². The van der Waals surface area contributed by atoms with Crippen LogP contribution < -0.4 is 20.3 Å². The molecule has 3 heterocycles. The van der Waals surface area contributed by atoms with Crippen molar-refractivity contribution in [1.29, 1.82) is 0 Å². The van der Waals surface area contributed by atoms with E-state index in [0.717, 1.165) is 65.4 Å². The number of piperidine rings is 1. The van der Waals surface area contributed by atoms with Gasteiger partial charge in [-0.2, -0.15) is 5.10 Å². The van der Waals surface area contributed by atoms with E-state index in [1.54, 1.807) is 11.8 Å². The number of nitrogens with zero attached hydrogens (tertiary/aromatic N) is 3. The van der Waals surface area contributed by atoms with E-state index in [9.17, 15) is 4.79 Å². The molecular formula is C28H35N5O2. The van der Waals surface area contributed by atoms with Crippen LogP contribution in [0.5, 0.6) is 5.75 Å². The van der Waals surface area contributed by atoms with E-state index in [1.165, 1.54) is 12.8 Å². The number of anilines is 1. The number of benzene rings is 2. The maximum Gasteiger partial charge on any atom is 0.252 e. The van der Waals surface area contributed by atoms with Crippen LogP contribution in [-0.2, 0) is 7.05 Å². The largest absolute Gasteiger partial charge is 0.496 e. The number of carbonyl (C=O) groups excluding carboxylic acids is 1. The van der Waals surface area contributed by atoms with Gasteiger partial charge >= 0.3 is 0 Å². The fraction of sp³-hybridized carbons (Fsp3) is 0.429. The molecule has 2 fully saturated rings. The lowest BCUT2D eigenvalue weighted by atomic mass is 9.72. The van der Waals surface area contributed by atoms with Crippen LogP contribution in [0.2, 0.25) is 0 Å². The van der Waals surface area contributed by atoms with Crippen LogP contribution in [0.25, 0.3) is 11.1 Å². The number of hydrogen-bond donors (Lipinski definition) is 2. The molecule has 2 saturated heterocycles. The molecule has 0 saturated carbocycles. The first-order valence-corrected chi connectivity index (χ1v) is 12.4. The lowest BCUT2D eigenvalue weighted by Crippen LogP contribution is -2.60. The molecule has 2 aliphatic rings. The number of methoxy groups -OCH3 is 1. The first-order chi connectivity index (χ1) is 16.9. The van der Waals surface area contributed by atoms with Gasteiger partial charge in [0.05, 0.1) is 19.3 Å². The number of aromatic nitrogens is 2. The molecule has 5 rings (SSSR count). The standard InChI is InChI=1S/C28H35N5O2/c1-19-5-7-23(33-17-28(18-33)9-11-29-12-10-28)14-24(19)27(34)31-20(2)21-6-8-26(35-4)25(13-21)22-15-30-32(3)16-22/h5-8,13-16,20,29H,9-12,17-18H2,1-4H3,(H,31,34). The van der Waals surface area contributed by atoms with Gasteiger partial charge in [-0.05, 0) is 75.2 Å². The highest BCUT2D eigenvalue weighted by Gasteiger charge is 2.43. The number of nitrogens with one attached hydrogen (secondary N) is 2. The molecule has 7 heteroatoms. The van der Waals surface area contributed by atoms with Crippen molar-refractivity contribution in [3.63, 3.8) is 0 Å². The average Bonchev–Trinajstić information content (AvgIpc) is 3.29. The van der Waals surface area contributed by atoms with Crippen LogP contribution in [0.1, 0.15) is 47.3 Å². The summed E-state index contributed by atoms with van der Waals surface area (Å²) in [6.45, 7) is 8.41. The van der Waals surface area contributed by atoms with Crippen molar-refractivity contribution in [2.45, 2.75) is 32.7 Å². The van der Waals surface area contributed by atoms with Gasteiger partial charge in [-0.1, -0.05) is 12.1 Å². The zero-order valence-corrected chi connectivity index (χ0v) is 21.1. The van der Waals surface area contributed by atoms with Gasteiger partial charge in [0.15, 0.2) is 0 Å². The average molecular weight is 474 g/mol. The lowest BCUT2D eigenvalue weighted by molar-refractivity contribution is 0.0939. The van der Waals surface area contributed by atoms with Crippen LogP contribution in [0.4, 0.5) is 5.69 Å². The normalized spacial score (nSPS) is 17.7. The number of aryl methyl sites for hydroxylation is 2. The Bertz CT molecular complexity index is 1220. The molecule has 2 aromatic carbocycles. The minimum absolute atomic E-state index is 0.0484. The summed E-state index contributed by atoms with van der Waals surface area (Å²) in [6, 6.07) is 12.1. The van der Waals surface area contributed by atoms with Gasteiger partial charge in [-0.25, -0.2) is 0 Å². The lowest BCUT2D eigenvalue weighted by Gasteiger charge is -2.53. The third-order valence-corrected chi connectivity index (χ3v) is 7.63. The van der Waals surface area contributed by atoms with E-state index in [-0.39, 0.29) is 11.9 Å². The summed E-state index contributed by atoms with van der Waals surface area (Å²) in [6.07, 6.45) is 6.26. The molecule has 7 nitrogen and oxygen atoms in total. The Morgan fingerprint density at radius 2 is 1.94 bits per heavy atom. The van der Waals surface area contributed by atoms with Crippen LogP contribution >= 0.6 is 0 Å². The smallest absolute Gasteiger partial charge is 0.252 e. The fourth-order valence-corrected chi connectivity index (χ4v) is 5.41. The monoisotopic (exact) mass is 473 g/mol. The van der Waals surface area contributed by atoms with Crippen LogP contribution in [0.15, 0.2) is 48.8 Å². The molecule has 3 aromatic rings. The molecule has 1 atom stereocenters. The number of hydrogen-bond acceptors (Lipinski definition) is 5. The van der Waals surface area contributed by atoms with Gasteiger partial charge < -0.3 is 20.3 Å². The molecule has 0 radical (unpaired) electrons. The summed E-state index contributed by atoms with van der Waals surface area (Å²) >= 11 is 0. The first kappa shape index (κ1) is 23.4. The Labute approximate surface area is 207 Å². The fourth-order valence-electron chi connectivity index (χ4n) is 5.41. The van der Waals surface area contributed by atoms with Gasteiger partial charge in [0.1, 0.15) is 5.75 Å². The minimum atomic E-state index is -0.158. The summed E-state index contributed by atoms with van der Waals surface area (Å²) < 4.78 is 7.34. The predicted molar refractivity (Wildman–Crippen MR) is 139 cm³/mol. The van der Waals surface area contributed by atoms with Crippen LogP contribution in [-0.4, -0.2) is 49.0 Å². The molecule has 1 aromatic heterocycles. The SMILES string of the molecule is COc1ccc(C(C)NC(=O)c2cc(N3CC4(CCNCC4)C3)ccc2C)cc1-c1cnn(C)c1. The van der Waals surface area contributed by atoms with E-state index >= 15 is 0 Å². The van der Waals surface area contributed by atoms with Crippen molar-refractivity contribution in [3.8, 4) is 16.9 Å². The third-order valence-electron chi connectivity index (χ3n) is 7.63. The third kappa shape index (κ3) is 4.65. The second-order valence-corrected chi connectivity index (χ2v) is 10.2. The van der Waals surface area contributed by atoms with Crippen molar-refractivity contribution in [2.24, 2.45) is 12.5 Å². The second-order valence-electron chi connectivity index (χ2n) is 10.2. The van der Waals surface area contributed by atoms with E-state index in [2.05, 4.69) is 44.9 Å². The Morgan fingerprint density at radius 3 is 2.63 bits per heavy atom. The van der Waals surface area contributed by atoms with Crippen LogP contribution in [0.3, 0.4) is 0 Å². The van der Waals surface area contributed by atoms with Gasteiger partial charge in [0.2, 0.25) is 0 Å². The summed E-state index contributed by atoms with van der Waals surface area (Å²) in [5.74, 6) is 0.734. The Morgan fingerprint density at radius 1 is 1.17 bits per heavy atom. The molecule has 0 bridgehead atoms. The summed E-state index contributed by atoms with van der Waals surface area (Å²) in [4.78, 5) is 15.7. The Kier molecular flexibility index (Phi) is 6.28. The van der Waals surface area contributed by atoms with Gasteiger partial charge in [0, 0.05) is 54.1 Å². The summed E-state index contributed by atoms with van der Waals surface area (Å²) in [7, 11) is 3.56. The van der Waals surface area contributed by atoms with Crippen LogP contribution in [0, 0.1) is 12.3 Å². The maximum atomic E-state index is 13.3. The molecule has 2 N–H and O–H groups in total.